The van der Waals surface area contributed by atoms with Gasteiger partial charge in [0.2, 0.25) is 6.10 Å². The van der Waals surface area contributed by atoms with Crippen LogP contribution in [0.1, 0.15) is 22.8 Å². The van der Waals surface area contributed by atoms with Crippen LogP contribution in [0, 0.1) is 6.92 Å². The minimum atomic E-state index is -0.822. The molecule has 1 fully saturated rings. The summed E-state index contributed by atoms with van der Waals surface area (Å²) >= 11 is 0. The van der Waals surface area contributed by atoms with Crippen molar-refractivity contribution in [2.75, 3.05) is 19.6 Å². The Labute approximate surface area is 147 Å². The zero-order chi connectivity index (χ0) is 17.6. The van der Waals surface area contributed by atoms with Crippen molar-refractivity contribution in [3.8, 4) is 0 Å². The van der Waals surface area contributed by atoms with Crippen LogP contribution < -0.4 is 5.32 Å². The van der Waals surface area contributed by atoms with Crippen molar-refractivity contribution in [3.63, 3.8) is 0 Å². The zero-order valence-corrected chi connectivity index (χ0v) is 14.3. The molecule has 1 saturated heterocycles. The van der Waals surface area contributed by atoms with Gasteiger partial charge in [0.25, 0.3) is 5.91 Å². The second-order valence-electron chi connectivity index (χ2n) is 6.15. The van der Waals surface area contributed by atoms with E-state index in [4.69, 9.17) is 4.74 Å². The lowest BCUT2D eigenvalue weighted by Crippen LogP contribution is -2.36. The molecule has 1 aliphatic rings. The van der Waals surface area contributed by atoms with Crippen LogP contribution in [0.2, 0.25) is 0 Å². The fourth-order valence-corrected chi connectivity index (χ4v) is 2.88. The molecule has 2 amide bonds. The molecule has 0 aromatic heterocycles. The first-order valence-corrected chi connectivity index (χ1v) is 8.48. The number of rotatable bonds is 7. The predicted molar refractivity (Wildman–Crippen MR) is 95.1 cm³/mol. The topological polar surface area (TPSA) is 58.6 Å². The monoisotopic (exact) mass is 338 g/mol. The SMILES string of the molecule is Cc1cccc(C2OC(=O)N(CCNCCc3ccccc3)C2=O)c1. The maximum absolute atomic E-state index is 12.5. The van der Waals surface area contributed by atoms with E-state index in [1.54, 1.807) is 0 Å². The van der Waals surface area contributed by atoms with E-state index in [0.717, 1.165) is 24.1 Å². The fraction of sp³-hybridized carbons (Fsp3) is 0.300. The molecular weight excluding hydrogens is 316 g/mol. The van der Waals surface area contributed by atoms with Gasteiger partial charge in [0.1, 0.15) is 0 Å². The van der Waals surface area contributed by atoms with Crippen LogP contribution in [-0.2, 0) is 16.0 Å². The Bertz CT molecular complexity index is 746. The first-order valence-electron chi connectivity index (χ1n) is 8.48. The molecule has 2 aromatic carbocycles. The molecular formula is C20H22N2O3. The molecule has 25 heavy (non-hydrogen) atoms. The van der Waals surface area contributed by atoms with Crippen LogP contribution in [0.25, 0.3) is 0 Å². The second kappa shape index (κ2) is 7.94. The van der Waals surface area contributed by atoms with Gasteiger partial charge in [-0.1, -0.05) is 60.2 Å². The van der Waals surface area contributed by atoms with Gasteiger partial charge in [0.15, 0.2) is 0 Å². The highest BCUT2D eigenvalue weighted by atomic mass is 16.6. The van der Waals surface area contributed by atoms with Crippen molar-refractivity contribution >= 4 is 12.0 Å². The summed E-state index contributed by atoms with van der Waals surface area (Å²) in [4.78, 5) is 25.6. The Morgan fingerprint density at radius 2 is 1.84 bits per heavy atom. The van der Waals surface area contributed by atoms with Crippen molar-refractivity contribution in [3.05, 3.63) is 71.3 Å². The van der Waals surface area contributed by atoms with E-state index in [-0.39, 0.29) is 5.91 Å². The van der Waals surface area contributed by atoms with Crippen LogP contribution >= 0.6 is 0 Å². The van der Waals surface area contributed by atoms with Gasteiger partial charge in [0, 0.05) is 18.7 Å². The molecule has 0 saturated carbocycles. The van der Waals surface area contributed by atoms with Gasteiger partial charge in [0.05, 0.1) is 0 Å². The third kappa shape index (κ3) is 4.25. The van der Waals surface area contributed by atoms with Crippen molar-refractivity contribution in [2.45, 2.75) is 19.4 Å². The lowest BCUT2D eigenvalue weighted by molar-refractivity contribution is -0.129. The first kappa shape index (κ1) is 17.2. The first-order chi connectivity index (χ1) is 12.1. The lowest BCUT2D eigenvalue weighted by Gasteiger charge is -2.12. The third-order valence-corrected chi connectivity index (χ3v) is 4.22. The minimum absolute atomic E-state index is 0.291. The number of nitrogens with one attached hydrogen (secondary N) is 1. The normalized spacial score (nSPS) is 17.0. The molecule has 130 valence electrons. The highest BCUT2D eigenvalue weighted by Gasteiger charge is 2.41. The van der Waals surface area contributed by atoms with Gasteiger partial charge in [-0.25, -0.2) is 9.69 Å². The van der Waals surface area contributed by atoms with Gasteiger partial charge in [-0.3, -0.25) is 4.79 Å². The van der Waals surface area contributed by atoms with Crippen LogP contribution in [0.3, 0.4) is 0 Å². The summed E-state index contributed by atoms with van der Waals surface area (Å²) in [6, 6.07) is 17.7. The van der Waals surface area contributed by atoms with E-state index in [0.29, 0.717) is 13.1 Å². The quantitative estimate of drug-likeness (QED) is 0.789. The summed E-state index contributed by atoms with van der Waals surface area (Å²) < 4.78 is 5.26. The molecule has 1 atom stereocenters. The Balaban J connectivity index is 1.48. The van der Waals surface area contributed by atoms with Crippen LogP contribution in [0.4, 0.5) is 4.79 Å². The molecule has 0 bridgehead atoms. The Hall–Kier alpha value is -2.66. The Kier molecular flexibility index (Phi) is 5.46. The van der Waals surface area contributed by atoms with E-state index < -0.39 is 12.2 Å². The summed E-state index contributed by atoms with van der Waals surface area (Å²) in [5.74, 6) is -0.291. The lowest BCUT2D eigenvalue weighted by atomic mass is 10.1. The van der Waals surface area contributed by atoms with Crippen LogP contribution in [0.15, 0.2) is 54.6 Å². The van der Waals surface area contributed by atoms with Gasteiger partial charge in [-0.05, 0) is 25.5 Å². The number of amides is 2. The van der Waals surface area contributed by atoms with Gasteiger partial charge < -0.3 is 10.1 Å². The van der Waals surface area contributed by atoms with E-state index in [1.165, 1.54) is 10.5 Å². The van der Waals surface area contributed by atoms with Gasteiger partial charge in [-0.15, -0.1) is 0 Å². The maximum Gasteiger partial charge on any atom is 0.417 e. The summed E-state index contributed by atoms with van der Waals surface area (Å²) in [7, 11) is 0. The number of ether oxygens (including phenoxy) is 1. The van der Waals surface area contributed by atoms with Crippen molar-refractivity contribution in [2.24, 2.45) is 0 Å². The van der Waals surface area contributed by atoms with E-state index in [1.807, 2.05) is 49.4 Å². The number of nitrogens with zero attached hydrogens (tertiary/aromatic N) is 1. The van der Waals surface area contributed by atoms with Gasteiger partial charge >= 0.3 is 6.09 Å². The third-order valence-electron chi connectivity index (χ3n) is 4.22. The fourth-order valence-electron chi connectivity index (χ4n) is 2.88. The summed E-state index contributed by atoms with van der Waals surface area (Å²) in [6.45, 7) is 3.60. The molecule has 3 rings (SSSR count). The zero-order valence-electron chi connectivity index (χ0n) is 14.3. The van der Waals surface area contributed by atoms with Gasteiger partial charge in [-0.2, -0.15) is 0 Å². The average molecular weight is 338 g/mol. The molecule has 0 spiro atoms. The smallest absolute Gasteiger partial charge is 0.417 e. The number of cyclic esters (lactones) is 1. The minimum Gasteiger partial charge on any atom is -0.431 e. The second-order valence-corrected chi connectivity index (χ2v) is 6.15. The number of imide groups is 1. The summed E-state index contributed by atoms with van der Waals surface area (Å²) in [5.41, 5.74) is 3.01. The molecule has 0 radical (unpaired) electrons. The Morgan fingerprint density at radius 3 is 2.60 bits per heavy atom. The molecule has 2 aromatic rings. The largest absolute Gasteiger partial charge is 0.431 e. The molecule has 1 heterocycles. The highest BCUT2D eigenvalue weighted by Crippen LogP contribution is 2.27. The van der Waals surface area contributed by atoms with E-state index in [2.05, 4.69) is 17.4 Å². The Morgan fingerprint density at radius 1 is 1.04 bits per heavy atom. The summed E-state index contributed by atoms with van der Waals surface area (Å²) in [6.07, 6.45) is -0.483. The van der Waals surface area contributed by atoms with E-state index in [9.17, 15) is 9.59 Å². The summed E-state index contributed by atoms with van der Waals surface area (Å²) in [5, 5.41) is 3.26. The predicted octanol–water partition coefficient (Wildman–Crippen LogP) is 2.85. The van der Waals surface area contributed by atoms with E-state index >= 15 is 0 Å². The van der Waals surface area contributed by atoms with Crippen LogP contribution in [0.5, 0.6) is 0 Å². The molecule has 1 N–H and O–H groups in total. The molecule has 5 nitrogen and oxygen atoms in total. The number of carbonyl (C=O) groups is 2. The molecule has 1 aliphatic heterocycles. The number of hydrogen-bond donors (Lipinski definition) is 1. The average Bonchev–Trinajstić information content (AvgIpc) is 2.90. The highest BCUT2D eigenvalue weighted by molar-refractivity contribution is 6.00. The number of carbonyl (C=O) groups excluding carboxylic acids is 2. The molecule has 1 unspecified atom stereocenters. The maximum atomic E-state index is 12.5. The number of benzene rings is 2. The molecule has 0 aliphatic carbocycles. The number of aryl methyl sites for hydroxylation is 1. The van der Waals surface area contributed by atoms with Crippen molar-refractivity contribution < 1.29 is 14.3 Å². The molecule has 5 heteroatoms. The number of hydrogen-bond acceptors (Lipinski definition) is 4. The standard InChI is InChI=1S/C20H22N2O3/c1-15-6-5-9-17(14-15)18-19(23)22(20(24)25-18)13-12-21-11-10-16-7-3-2-4-8-16/h2-9,14,18,21H,10-13H2,1H3. The van der Waals surface area contributed by atoms with Crippen molar-refractivity contribution in [1.29, 1.82) is 0 Å². The van der Waals surface area contributed by atoms with Crippen molar-refractivity contribution in [1.82, 2.24) is 10.2 Å². The van der Waals surface area contributed by atoms with Crippen LogP contribution in [-0.4, -0.2) is 36.5 Å².